The molecule has 4 heteroatoms. The number of carbonyl (C=O) groups is 2. The zero-order chi connectivity index (χ0) is 14.3. The molecule has 0 spiro atoms. The van der Waals surface area contributed by atoms with E-state index < -0.39 is 0 Å². The molecule has 1 aromatic carbocycles. The lowest BCUT2D eigenvalue weighted by Crippen LogP contribution is -2.31. The number of amides is 1. The Balaban J connectivity index is 2.49. The van der Waals surface area contributed by atoms with E-state index in [1.54, 1.807) is 19.1 Å². The van der Waals surface area contributed by atoms with Crippen molar-refractivity contribution in [1.82, 2.24) is 5.32 Å². The van der Waals surface area contributed by atoms with E-state index in [9.17, 15) is 9.59 Å². The summed E-state index contributed by atoms with van der Waals surface area (Å²) in [6.45, 7) is 6.28. The molecule has 1 rings (SSSR count). The monoisotopic (exact) mass is 279 g/mol. The summed E-state index contributed by atoms with van der Waals surface area (Å²) in [6.07, 6.45) is 2.09. The maximum Gasteiger partial charge on any atom is 0.233 e. The van der Waals surface area contributed by atoms with Crippen molar-refractivity contribution in [3.05, 3.63) is 29.8 Å². The molecule has 1 atom stereocenters. The first-order valence-electron chi connectivity index (χ1n) is 6.60. The highest BCUT2D eigenvalue weighted by Gasteiger charge is 2.13. The fourth-order valence-electron chi connectivity index (χ4n) is 1.56. The Morgan fingerprint density at radius 1 is 1.26 bits per heavy atom. The fourth-order valence-corrected chi connectivity index (χ4v) is 2.45. The zero-order valence-electron chi connectivity index (χ0n) is 11.7. The van der Waals surface area contributed by atoms with E-state index in [2.05, 4.69) is 12.2 Å². The van der Waals surface area contributed by atoms with E-state index in [0.29, 0.717) is 5.56 Å². The molecule has 1 aromatic rings. The number of nitrogens with one attached hydrogen (secondary N) is 1. The highest BCUT2D eigenvalue weighted by atomic mass is 32.2. The molecule has 0 aromatic heterocycles. The van der Waals surface area contributed by atoms with Gasteiger partial charge in [-0.3, -0.25) is 9.59 Å². The predicted octanol–water partition coefficient (Wildman–Crippen LogP) is 3.29. The molecular weight excluding hydrogens is 258 g/mol. The Morgan fingerprint density at radius 3 is 2.42 bits per heavy atom. The van der Waals surface area contributed by atoms with Gasteiger partial charge in [-0.2, -0.15) is 0 Å². The van der Waals surface area contributed by atoms with Crippen molar-refractivity contribution in [3.63, 3.8) is 0 Å². The van der Waals surface area contributed by atoms with Gasteiger partial charge in [-0.15, -0.1) is 11.8 Å². The minimum atomic E-state index is -0.125. The minimum absolute atomic E-state index is 0.0573. The van der Waals surface area contributed by atoms with Crippen molar-refractivity contribution >= 4 is 23.5 Å². The number of ketones is 1. The third-order valence-corrected chi connectivity index (χ3v) is 3.88. The number of unbranched alkanes of at least 4 members (excludes halogenated alkanes) is 1. The third-order valence-electron chi connectivity index (χ3n) is 2.77. The minimum Gasteiger partial charge on any atom is -0.355 e. The van der Waals surface area contributed by atoms with Gasteiger partial charge in [-0.1, -0.05) is 25.5 Å². The quantitative estimate of drug-likeness (QED) is 0.473. The Hall–Kier alpha value is -1.29. The largest absolute Gasteiger partial charge is 0.355 e. The molecule has 1 amide bonds. The highest BCUT2D eigenvalue weighted by Crippen LogP contribution is 2.23. The summed E-state index contributed by atoms with van der Waals surface area (Å²) >= 11 is 1.51. The van der Waals surface area contributed by atoms with Gasteiger partial charge in [0.2, 0.25) is 5.91 Å². The molecule has 0 saturated heterocycles. The summed E-state index contributed by atoms with van der Waals surface area (Å²) in [6, 6.07) is 7.37. The Bertz CT molecular complexity index is 428. The normalized spacial score (nSPS) is 11.9. The van der Waals surface area contributed by atoms with Crippen LogP contribution < -0.4 is 5.32 Å². The van der Waals surface area contributed by atoms with Gasteiger partial charge in [0, 0.05) is 17.0 Å². The lowest BCUT2D eigenvalue weighted by Gasteiger charge is -2.11. The lowest BCUT2D eigenvalue weighted by molar-refractivity contribution is -0.120. The number of hydrogen-bond acceptors (Lipinski definition) is 3. The molecule has 0 saturated carbocycles. The molecule has 19 heavy (non-hydrogen) atoms. The van der Waals surface area contributed by atoms with Crippen molar-refractivity contribution in [2.45, 2.75) is 43.8 Å². The first-order chi connectivity index (χ1) is 9.04. The number of Topliss-reactive ketones (excluding diaryl/α,β-unsaturated/α-hetero) is 1. The number of carbonyl (C=O) groups excluding carboxylic acids is 2. The number of benzene rings is 1. The molecular formula is C15H21NO2S. The van der Waals surface area contributed by atoms with Crippen molar-refractivity contribution < 1.29 is 9.59 Å². The first-order valence-corrected chi connectivity index (χ1v) is 7.48. The molecule has 104 valence electrons. The summed E-state index contributed by atoms with van der Waals surface area (Å²) < 4.78 is 0. The smallest absolute Gasteiger partial charge is 0.233 e. The zero-order valence-corrected chi connectivity index (χ0v) is 12.5. The average molecular weight is 279 g/mol. The van der Waals surface area contributed by atoms with E-state index >= 15 is 0 Å². The predicted molar refractivity (Wildman–Crippen MR) is 79.7 cm³/mol. The lowest BCUT2D eigenvalue weighted by atomic mass is 10.2. The Morgan fingerprint density at radius 2 is 1.89 bits per heavy atom. The van der Waals surface area contributed by atoms with Crippen molar-refractivity contribution in [1.29, 1.82) is 0 Å². The molecule has 3 nitrogen and oxygen atoms in total. The van der Waals surface area contributed by atoms with E-state index in [4.69, 9.17) is 0 Å². The van der Waals surface area contributed by atoms with E-state index in [-0.39, 0.29) is 16.9 Å². The van der Waals surface area contributed by atoms with Gasteiger partial charge < -0.3 is 5.32 Å². The van der Waals surface area contributed by atoms with Crippen molar-refractivity contribution in [2.24, 2.45) is 0 Å². The van der Waals surface area contributed by atoms with Crippen LogP contribution in [0.1, 0.15) is 44.0 Å². The third kappa shape index (κ3) is 5.47. The molecule has 0 bridgehead atoms. The van der Waals surface area contributed by atoms with Crippen LogP contribution in [0.3, 0.4) is 0 Å². The van der Waals surface area contributed by atoms with Crippen molar-refractivity contribution in [2.75, 3.05) is 6.54 Å². The molecule has 0 aliphatic heterocycles. The molecule has 0 aliphatic carbocycles. The van der Waals surface area contributed by atoms with Gasteiger partial charge in [0.15, 0.2) is 5.78 Å². The van der Waals surface area contributed by atoms with Crippen LogP contribution in [0, 0.1) is 0 Å². The van der Waals surface area contributed by atoms with Crippen LogP contribution in [0.2, 0.25) is 0 Å². The average Bonchev–Trinajstić information content (AvgIpc) is 2.39. The van der Waals surface area contributed by atoms with Gasteiger partial charge >= 0.3 is 0 Å². The number of rotatable bonds is 7. The van der Waals surface area contributed by atoms with E-state index in [1.807, 2.05) is 19.1 Å². The standard InChI is InChI=1S/C15H21NO2S/c1-4-5-10-16-15(18)12(3)19-14-8-6-13(7-9-14)11(2)17/h6-9,12H,4-5,10H2,1-3H3,(H,16,18). The van der Waals surface area contributed by atoms with Crippen LogP contribution in [0.15, 0.2) is 29.2 Å². The second kappa shape index (κ2) is 8.00. The maximum atomic E-state index is 11.8. The van der Waals surface area contributed by atoms with E-state index in [0.717, 1.165) is 24.3 Å². The maximum absolute atomic E-state index is 11.8. The van der Waals surface area contributed by atoms with Crippen molar-refractivity contribution in [3.8, 4) is 0 Å². The van der Waals surface area contributed by atoms with Crippen LogP contribution in [0.25, 0.3) is 0 Å². The van der Waals surface area contributed by atoms with Gasteiger partial charge in [-0.25, -0.2) is 0 Å². The van der Waals surface area contributed by atoms with Crippen LogP contribution in [-0.2, 0) is 4.79 Å². The van der Waals surface area contributed by atoms with Gasteiger partial charge in [0.25, 0.3) is 0 Å². The molecule has 1 unspecified atom stereocenters. The Labute approximate surface area is 119 Å². The van der Waals surface area contributed by atoms with Crippen LogP contribution >= 0.6 is 11.8 Å². The van der Waals surface area contributed by atoms with Gasteiger partial charge in [0.05, 0.1) is 5.25 Å². The van der Waals surface area contributed by atoms with Crippen LogP contribution in [0.5, 0.6) is 0 Å². The summed E-state index contributed by atoms with van der Waals surface area (Å²) in [5.41, 5.74) is 0.699. The second-order valence-corrected chi connectivity index (χ2v) is 5.90. The second-order valence-electron chi connectivity index (χ2n) is 4.49. The van der Waals surface area contributed by atoms with Crippen LogP contribution in [0.4, 0.5) is 0 Å². The molecule has 1 N–H and O–H groups in total. The molecule has 0 radical (unpaired) electrons. The summed E-state index contributed by atoms with van der Waals surface area (Å²) in [5, 5.41) is 2.79. The van der Waals surface area contributed by atoms with E-state index in [1.165, 1.54) is 11.8 Å². The fraction of sp³-hybridized carbons (Fsp3) is 0.467. The molecule has 0 fully saturated rings. The van der Waals surface area contributed by atoms with Gasteiger partial charge in [0.1, 0.15) is 0 Å². The molecule has 0 aliphatic rings. The van der Waals surface area contributed by atoms with Gasteiger partial charge in [-0.05, 0) is 32.4 Å². The van der Waals surface area contributed by atoms with Crippen LogP contribution in [-0.4, -0.2) is 23.5 Å². The SMILES string of the molecule is CCCCNC(=O)C(C)Sc1ccc(C(C)=O)cc1. The topological polar surface area (TPSA) is 46.2 Å². The number of hydrogen-bond donors (Lipinski definition) is 1. The number of thioether (sulfide) groups is 1. The summed E-state index contributed by atoms with van der Waals surface area (Å²) in [4.78, 5) is 24.0. The summed E-state index contributed by atoms with van der Waals surface area (Å²) in [7, 11) is 0. The highest BCUT2D eigenvalue weighted by molar-refractivity contribution is 8.00. The Kier molecular flexibility index (Phi) is 6.64. The molecule has 0 heterocycles. The first kappa shape index (κ1) is 15.8. The summed E-state index contributed by atoms with van der Waals surface area (Å²) in [5.74, 6) is 0.121.